The summed E-state index contributed by atoms with van der Waals surface area (Å²) >= 11 is 0. The zero-order valence-electron chi connectivity index (χ0n) is 17.1. The molecule has 1 aromatic heterocycles. The third kappa shape index (κ3) is 5.55. The SMILES string of the molecule is CC(C)(C)c1ccc(S(=O)(=O)NC2CCC(Oc3ccc(C#N)cn3)CC2)cc1. The Morgan fingerprint density at radius 3 is 2.24 bits per heavy atom. The number of benzene rings is 1. The van der Waals surface area contributed by atoms with Crippen LogP contribution >= 0.6 is 0 Å². The van der Waals surface area contributed by atoms with Crippen molar-refractivity contribution in [1.82, 2.24) is 9.71 Å². The molecule has 0 unspecified atom stereocenters. The molecule has 0 atom stereocenters. The van der Waals surface area contributed by atoms with E-state index in [1.807, 2.05) is 18.2 Å². The van der Waals surface area contributed by atoms with Crippen molar-refractivity contribution in [3.05, 3.63) is 53.7 Å². The van der Waals surface area contributed by atoms with Gasteiger partial charge in [-0.25, -0.2) is 18.1 Å². The van der Waals surface area contributed by atoms with Gasteiger partial charge in [-0.1, -0.05) is 32.9 Å². The Morgan fingerprint density at radius 1 is 1.07 bits per heavy atom. The van der Waals surface area contributed by atoms with Crippen LogP contribution in [-0.4, -0.2) is 25.5 Å². The molecule has 1 heterocycles. The number of hydrogen-bond acceptors (Lipinski definition) is 5. The third-order valence-electron chi connectivity index (χ3n) is 5.18. The molecule has 1 saturated carbocycles. The predicted molar refractivity (Wildman–Crippen MR) is 111 cm³/mol. The lowest BCUT2D eigenvalue weighted by Crippen LogP contribution is -2.39. The number of aromatic nitrogens is 1. The Labute approximate surface area is 173 Å². The molecule has 6 nitrogen and oxygen atoms in total. The fourth-order valence-electron chi connectivity index (χ4n) is 3.41. The summed E-state index contributed by atoms with van der Waals surface area (Å²) in [6.07, 6.45) is 4.40. The zero-order valence-corrected chi connectivity index (χ0v) is 17.9. The van der Waals surface area contributed by atoms with Crippen LogP contribution in [0.1, 0.15) is 57.6 Å². The van der Waals surface area contributed by atoms with Crippen molar-refractivity contribution in [2.24, 2.45) is 0 Å². The summed E-state index contributed by atoms with van der Waals surface area (Å²) < 4.78 is 34.1. The largest absolute Gasteiger partial charge is 0.474 e. The van der Waals surface area contributed by atoms with Gasteiger partial charge in [-0.3, -0.25) is 0 Å². The predicted octanol–water partition coefficient (Wildman–Crippen LogP) is 3.92. The normalized spacial score (nSPS) is 20.1. The summed E-state index contributed by atoms with van der Waals surface area (Å²) in [5, 5.41) is 8.82. The molecular formula is C22H27N3O3S. The van der Waals surface area contributed by atoms with Crippen LogP contribution in [0.25, 0.3) is 0 Å². The van der Waals surface area contributed by atoms with Gasteiger partial charge in [-0.2, -0.15) is 5.26 Å². The molecule has 29 heavy (non-hydrogen) atoms. The van der Waals surface area contributed by atoms with Crippen LogP contribution in [0.2, 0.25) is 0 Å². The molecule has 1 aliphatic carbocycles. The maximum atomic E-state index is 12.7. The van der Waals surface area contributed by atoms with E-state index in [1.54, 1.807) is 24.3 Å². The Balaban J connectivity index is 1.54. The van der Waals surface area contributed by atoms with Crippen molar-refractivity contribution in [3.63, 3.8) is 0 Å². The molecule has 1 N–H and O–H groups in total. The second-order valence-corrected chi connectivity index (χ2v) is 10.2. The van der Waals surface area contributed by atoms with Crippen LogP contribution < -0.4 is 9.46 Å². The van der Waals surface area contributed by atoms with Crippen molar-refractivity contribution in [3.8, 4) is 11.9 Å². The highest BCUT2D eigenvalue weighted by atomic mass is 32.2. The molecule has 1 fully saturated rings. The molecule has 0 saturated heterocycles. The fourth-order valence-corrected chi connectivity index (χ4v) is 4.71. The minimum absolute atomic E-state index is 0.00209. The van der Waals surface area contributed by atoms with E-state index in [9.17, 15) is 8.42 Å². The minimum Gasteiger partial charge on any atom is -0.474 e. The van der Waals surface area contributed by atoms with Crippen molar-refractivity contribution >= 4 is 10.0 Å². The highest BCUT2D eigenvalue weighted by Crippen LogP contribution is 2.26. The number of nitriles is 1. The van der Waals surface area contributed by atoms with E-state index in [1.165, 1.54) is 6.20 Å². The maximum Gasteiger partial charge on any atom is 0.240 e. The van der Waals surface area contributed by atoms with Crippen molar-refractivity contribution in [2.75, 3.05) is 0 Å². The summed E-state index contributed by atoms with van der Waals surface area (Å²) in [6, 6.07) is 12.4. The van der Waals surface area contributed by atoms with E-state index in [2.05, 4.69) is 30.5 Å². The Morgan fingerprint density at radius 2 is 1.72 bits per heavy atom. The van der Waals surface area contributed by atoms with Crippen LogP contribution in [0.5, 0.6) is 5.88 Å². The number of nitrogens with one attached hydrogen (secondary N) is 1. The molecule has 154 valence electrons. The summed E-state index contributed by atoms with van der Waals surface area (Å²) in [5.74, 6) is 0.493. The molecule has 1 aliphatic rings. The van der Waals surface area contributed by atoms with Gasteiger partial charge < -0.3 is 4.74 Å². The first-order valence-electron chi connectivity index (χ1n) is 9.83. The second-order valence-electron chi connectivity index (χ2n) is 8.48. The van der Waals surface area contributed by atoms with Gasteiger partial charge in [0.1, 0.15) is 12.2 Å². The smallest absolute Gasteiger partial charge is 0.240 e. The van der Waals surface area contributed by atoms with Gasteiger partial charge in [-0.15, -0.1) is 0 Å². The third-order valence-corrected chi connectivity index (χ3v) is 6.72. The van der Waals surface area contributed by atoms with Crippen LogP contribution in [-0.2, 0) is 15.4 Å². The Bertz CT molecular complexity index is 964. The summed E-state index contributed by atoms with van der Waals surface area (Å²) in [4.78, 5) is 4.43. The number of sulfonamides is 1. The van der Waals surface area contributed by atoms with Gasteiger partial charge in [0.2, 0.25) is 15.9 Å². The number of pyridine rings is 1. The average molecular weight is 414 g/mol. The molecule has 0 amide bonds. The number of rotatable bonds is 5. The van der Waals surface area contributed by atoms with Crippen LogP contribution in [0, 0.1) is 11.3 Å². The zero-order chi connectivity index (χ0) is 21.1. The Hall–Kier alpha value is -2.43. The minimum atomic E-state index is -3.54. The van der Waals surface area contributed by atoms with Gasteiger partial charge in [0.05, 0.1) is 10.5 Å². The topological polar surface area (TPSA) is 92.1 Å². The van der Waals surface area contributed by atoms with Gasteiger partial charge in [0.15, 0.2) is 0 Å². The summed E-state index contributed by atoms with van der Waals surface area (Å²) in [5.41, 5.74) is 1.58. The number of nitrogens with zero attached hydrogens (tertiary/aromatic N) is 2. The average Bonchev–Trinajstić information content (AvgIpc) is 2.69. The van der Waals surface area contributed by atoms with E-state index in [4.69, 9.17) is 10.00 Å². The van der Waals surface area contributed by atoms with Crippen LogP contribution in [0.15, 0.2) is 47.5 Å². The second kappa shape index (κ2) is 8.52. The molecule has 0 bridgehead atoms. The number of ether oxygens (including phenoxy) is 1. The van der Waals surface area contributed by atoms with E-state index < -0.39 is 10.0 Å². The van der Waals surface area contributed by atoms with Crippen molar-refractivity contribution in [2.45, 2.75) is 68.9 Å². The molecule has 3 rings (SSSR count). The standard InChI is InChI=1S/C22H27N3O3S/c1-22(2,3)17-5-11-20(12-6-17)29(26,27)25-18-7-9-19(10-8-18)28-21-13-4-16(14-23)15-24-21/h4-6,11-13,15,18-19,25H,7-10H2,1-3H3. The molecule has 1 aromatic carbocycles. The Kier molecular flexibility index (Phi) is 6.25. The van der Waals surface area contributed by atoms with Gasteiger partial charge in [0, 0.05) is 18.3 Å². The van der Waals surface area contributed by atoms with Gasteiger partial charge in [-0.05, 0) is 54.9 Å². The van der Waals surface area contributed by atoms with Crippen molar-refractivity contribution < 1.29 is 13.2 Å². The first kappa shape index (κ1) is 21.3. The summed E-state index contributed by atoms with van der Waals surface area (Å²) in [7, 11) is -3.54. The van der Waals surface area contributed by atoms with Crippen LogP contribution in [0.3, 0.4) is 0 Å². The highest BCUT2D eigenvalue weighted by molar-refractivity contribution is 7.89. The van der Waals surface area contributed by atoms with E-state index >= 15 is 0 Å². The lowest BCUT2D eigenvalue weighted by atomic mass is 9.87. The molecule has 0 radical (unpaired) electrons. The van der Waals surface area contributed by atoms with E-state index in [-0.39, 0.29) is 17.6 Å². The highest BCUT2D eigenvalue weighted by Gasteiger charge is 2.27. The quantitative estimate of drug-likeness (QED) is 0.802. The molecule has 7 heteroatoms. The van der Waals surface area contributed by atoms with Gasteiger partial charge >= 0.3 is 0 Å². The van der Waals surface area contributed by atoms with E-state index in [0.717, 1.165) is 18.4 Å². The van der Waals surface area contributed by atoms with Gasteiger partial charge in [0.25, 0.3) is 0 Å². The summed E-state index contributed by atoms with van der Waals surface area (Å²) in [6.45, 7) is 6.30. The fraction of sp³-hybridized carbons (Fsp3) is 0.455. The molecule has 0 spiro atoms. The maximum absolute atomic E-state index is 12.7. The first-order valence-corrected chi connectivity index (χ1v) is 11.3. The molecular weight excluding hydrogens is 386 g/mol. The monoisotopic (exact) mass is 413 g/mol. The lowest BCUT2D eigenvalue weighted by molar-refractivity contribution is 0.138. The number of hydrogen-bond donors (Lipinski definition) is 1. The van der Waals surface area contributed by atoms with Crippen LogP contribution in [0.4, 0.5) is 0 Å². The molecule has 2 aromatic rings. The van der Waals surface area contributed by atoms with E-state index in [0.29, 0.717) is 29.2 Å². The lowest BCUT2D eigenvalue weighted by Gasteiger charge is -2.29. The first-order chi connectivity index (χ1) is 13.7. The molecule has 0 aliphatic heterocycles. The van der Waals surface area contributed by atoms with Crippen molar-refractivity contribution in [1.29, 1.82) is 5.26 Å².